The summed E-state index contributed by atoms with van der Waals surface area (Å²) >= 11 is 7.08. The van der Waals surface area contributed by atoms with E-state index >= 15 is 0 Å². The van der Waals surface area contributed by atoms with Crippen LogP contribution in [0.5, 0.6) is 0 Å². The summed E-state index contributed by atoms with van der Waals surface area (Å²) in [6.45, 7) is 12.5. The molecule has 174 valence electrons. The summed E-state index contributed by atoms with van der Waals surface area (Å²) in [5.41, 5.74) is -2.44. The molecule has 0 aliphatic heterocycles. The van der Waals surface area contributed by atoms with Crippen molar-refractivity contribution in [2.24, 2.45) is 5.92 Å². The summed E-state index contributed by atoms with van der Waals surface area (Å²) in [5, 5.41) is 0. The molecule has 0 rings (SSSR count). The van der Waals surface area contributed by atoms with Crippen LogP contribution in [0, 0.1) is 5.92 Å². The van der Waals surface area contributed by atoms with Gasteiger partial charge in [-0.1, -0.05) is 83.0 Å². The zero-order valence-corrected chi connectivity index (χ0v) is 22.1. The van der Waals surface area contributed by atoms with Crippen LogP contribution in [0.15, 0.2) is 0 Å². The molecule has 0 saturated heterocycles. The first-order valence-corrected chi connectivity index (χ1v) is 15.7. The molecule has 0 aliphatic carbocycles. The van der Waals surface area contributed by atoms with Crippen LogP contribution in [0.3, 0.4) is 0 Å². The maximum absolute atomic E-state index is 12.2. The average Bonchev–Trinajstić information content (AvgIpc) is 2.62. The molecule has 0 amide bonds. The van der Waals surface area contributed by atoms with Crippen molar-refractivity contribution in [2.45, 2.75) is 118 Å². The van der Waals surface area contributed by atoms with Gasteiger partial charge >= 0.3 is 5.97 Å². The molecule has 29 heavy (non-hydrogen) atoms. The summed E-state index contributed by atoms with van der Waals surface area (Å²) < 4.78 is 17.2. The molecule has 4 nitrogen and oxygen atoms in total. The highest BCUT2D eigenvalue weighted by molar-refractivity contribution is 8.67. The van der Waals surface area contributed by atoms with E-state index in [1.165, 1.54) is 62.7 Å². The lowest BCUT2D eigenvalue weighted by Crippen LogP contribution is -2.18. The van der Waals surface area contributed by atoms with Crippen LogP contribution in [-0.4, -0.2) is 30.5 Å². The zero-order chi connectivity index (χ0) is 22.1. The maximum atomic E-state index is 12.2. The summed E-state index contributed by atoms with van der Waals surface area (Å²) in [7, 11) is 0. The number of ether oxygens (including phenoxy) is 1. The van der Waals surface area contributed by atoms with Crippen LogP contribution in [0.1, 0.15) is 106 Å². The minimum atomic E-state index is -2.44. The lowest BCUT2D eigenvalue weighted by Gasteiger charge is -2.26. The van der Waals surface area contributed by atoms with E-state index in [1.54, 1.807) is 0 Å². The largest absolute Gasteiger partial charge is 0.465 e. The Bertz CT molecular complexity index is 444. The smallest absolute Gasteiger partial charge is 0.309 e. The van der Waals surface area contributed by atoms with E-state index in [1.807, 2.05) is 34.6 Å². The predicted octanol–water partition coefficient (Wildman–Crippen LogP) is 7.89. The monoisotopic (exact) mass is 468 g/mol. The quantitative estimate of drug-likeness (QED) is 0.109. The molecule has 0 bridgehead atoms. The molecule has 0 aromatic rings. The molecule has 0 heterocycles. The second kappa shape index (κ2) is 18.0. The molecule has 0 radical (unpaired) electrons. The Kier molecular flexibility index (Phi) is 18.3. The molecular formula is C22H45O4PS2. The van der Waals surface area contributed by atoms with Crippen LogP contribution in [-0.2, 0) is 30.4 Å². The van der Waals surface area contributed by atoms with Gasteiger partial charge in [-0.3, -0.25) is 4.79 Å². The zero-order valence-electron chi connectivity index (χ0n) is 19.6. The minimum absolute atomic E-state index is 0.00526. The molecule has 1 atom stereocenters. The molecular weight excluding hydrogens is 423 g/mol. The van der Waals surface area contributed by atoms with Crippen molar-refractivity contribution in [3.05, 3.63) is 0 Å². The van der Waals surface area contributed by atoms with Crippen LogP contribution < -0.4 is 0 Å². The number of rotatable bonds is 19. The molecule has 0 spiro atoms. The standard InChI is InChI=1S/C22H45O4PS2/c1-7-8-9-10-11-12-13-14-15-16-17-24-22(23)21(6)18-29-27(28,25-19(2)3)26-20(4)5/h19-21H,7-18H2,1-6H3. The molecule has 0 saturated carbocycles. The second-order valence-electron chi connectivity index (χ2n) is 8.30. The van der Waals surface area contributed by atoms with Crippen molar-refractivity contribution < 1.29 is 18.6 Å². The fraction of sp³-hybridized carbons (Fsp3) is 0.955. The number of unbranched alkanes of at least 4 members (excludes halogenated alkanes) is 9. The summed E-state index contributed by atoms with van der Waals surface area (Å²) in [5.74, 6) is 0.203. The first kappa shape index (κ1) is 29.4. The summed E-state index contributed by atoms with van der Waals surface area (Å²) in [6, 6.07) is 0. The number of esters is 1. The highest BCUT2D eigenvalue weighted by Gasteiger charge is 2.26. The average molecular weight is 469 g/mol. The van der Waals surface area contributed by atoms with Crippen molar-refractivity contribution >= 4 is 34.9 Å². The van der Waals surface area contributed by atoms with Crippen LogP contribution in [0.2, 0.25) is 0 Å². The van der Waals surface area contributed by atoms with E-state index in [0.717, 1.165) is 12.8 Å². The normalized spacial score (nSPS) is 13.2. The first-order chi connectivity index (χ1) is 13.7. The van der Waals surface area contributed by atoms with Gasteiger partial charge in [-0.25, -0.2) is 0 Å². The van der Waals surface area contributed by atoms with E-state index in [2.05, 4.69) is 6.92 Å². The van der Waals surface area contributed by atoms with E-state index in [0.29, 0.717) is 12.4 Å². The third-order valence-electron chi connectivity index (χ3n) is 4.31. The van der Waals surface area contributed by atoms with E-state index < -0.39 is 5.69 Å². The van der Waals surface area contributed by atoms with Gasteiger partial charge in [0.15, 0.2) is 0 Å². The Balaban J connectivity index is 3.89. The van der Waals surface area contributed by atoms with Gasteiger partial charge in [-0.2, -0.15) is 0 Å². The van der Waals surface area contributed by atoms with Gasteiger partial charge in [0, 0.05) is 5.75 Å². The Labute approximate surface area is 189 Å². The lowest BCUT2D eigenvalue weighted by molar-refractivity contribution is -0.147. The third kappa shape index (κ3) is 17.7. The number of carbonyl (C=O) groups is 1. The highest BCUT2D eigenvalue weighted by Crippen LogP contribution is 2.62. The molecule has 0 aromatic heterocycles. The summed E-state index contributed by atoms with van der Waals surface area (Å²) in [6.07, 6.45) is 12.8. The van der Waals surface area contributed by atoms with Crippen molar-refractivity contribution in [3.8, 4) is 0 Å². The van der Waals surface area contributed by atoms with Gasteiger partial charge in [0.05, 0.1) is 24.7 Å². The molecule has 1 unspecified atom stereocenters. The van der Waals surface area contributed by atoms with Gasteiger partial charge in [0.25, 0.3) is 0 Å². The van der Waals surface area contributed by atoms with Crippen molar-refractivity contribution in [3.63, 3.8) is 0 Å². The van der Waals surface area contributed by atoms with Crippen molar-refractivity contribution in [1.29, 1.82) is 0 Å². The number of hydrogen-bond acceptors (Lipinski definition) is 6. The minimum Gasteiger partial charge on any atom is -0.465 e. The molecule has 0 N–H and O–H groups in total. The lowest BCUT2D eigenvalue weighted by atomic mass is 10.1. The third-order valence-corrected chi connectivity index (χ3v) is 10.0. The van der Waals surface area contributed by atoms with Gasteiger partial charge in [-0.15, -0.1) is 0 Å². The molecule has 0 fully saturated rings. The van der Waals surface area contributed by atoms with Crippen LogP contribution >= 0.6 is 17.1 Å². The Hall–Kier alpha value is 0.390. The fourth-order valence-electron chi connectivity index (χ4n) is 2.78. The predicted molar refractivity (Wildman–Crippen MR) is 131 cm³/mol. The van der Waals surface area contributed by atoms with Gasteiger partial charge in [0.2, 0.25) is 5.69 Å². The molecule has 0 aromatic carbocycles. The van der Waals surface area contributed by atoms with Gasteiger partial charge < -0.3 is 13.8 Å². The molecule has 0 aliphatic rings. The highest BCUT2D eigenvalue weighted by atomic mass is 32.9. The van der Waals surface area contributed by atoms with Gasteiger partial charge in [-0.05, 0) is 45.9 Å². The molecule has 7 heteroatoms. The van der Waals surface area contributed by atoms with E-state index in [-0.39, 0.29) is 24.1 Å². The number of carbonyl (C=O) groups excluding carboxylic acids is 1. The topological polar surface area (TPSA) is 44.8 Å². The van der Waals surface area contributed by atoms with E-state index in [4.69, 9.17) is 25.6 Å². The SMILES string of the molecule is CCCCCCCCCCCCOC(=O)C(C)CSP(=S)(OC(C)C)OC(C)C. The second-order valence-corrected chi connectivity index (χ2v) is 14.6. The Morgan fingerprint density at radius 3 is 1.72 bits per heavy atom. The van der Waals surface area contributed by atoms with Crippen LogP contribution in [0.4, 0.5) is 0 Å². The van der Waals surface area contributed by atoms with Crippen molar-refractivity contribution in [1.82, 2.24) is 0 Å². The fourth-order valence-corrected chi connectivity index (χ4v) is 8.72. The van der Waals surface area contributed by atoms with Crippen molar-refractivity contribution in [2.75, 3.05) is 12.4 Å². The van der Waals surface area contributed by atoms with Gasteiger partial charge in [0.1, 0.15) is 0 Å². The van der Waals surface area contributed by atoms with Crippen LogP contribution in [0.25, 0.3) is 0 Å². The van der Waals surface area contributed by atoms with E-state index in [9.17, 15) is 4.79 Å². The Morgan fingerprint density at radius 2 is 1.28 bits per heavy atom. The number of hydrogen-bond donors (Lipinski definition) is 0. The maximum Gasteiger partial charge on any atom is 0.309 e. The first-order valence-electron chi connectivity index (χ1n) is 11.5. The summed E-state index contributed by atoms with van der Waals surface area (Å²) in [4.78, 5) is 12.2. The Morgan fingerprint density at radius 1 is 0.828 bits per heavy atom.